The van der Waals surface area contributed by atoms with E-state index in [4.69, 9.17) is 11.3 Å². The fourth-order valence-corrected chi connectivity index (χ4v) is 4.71. The van der Waals surface area contributed by atoms with E-state index in [9.17, 15) is 19.5 Å². The molecule has 3 rings (SSSR count). The van der Waals surface area contributed by atoms with Crippen LogP contribution in [0.5, 0.6) is 0 Å². The molecule has 29 heavy (non-hydrogen) atoms. The van der Waals surface area contributed by atoms with Gasteiger partial charge in [-0.25, -0.2) is 9.78 Å². The van der Waals surface area contributed by atoms with Gasteiger partial charge in [-0.3, -0.25) is 14.5 Å². The second kappa shape index (κ2) is 8.38. The average Bonchev–Trinajstić information content (AvgIpc) is 3.13. The normalized spacial score (nSPS) is 21.1. The summed E-state index contributed by atoms with van der Waals surface area (Å²) in [6, 6.07) is -0.957. The Morgan fingerprint density at radius 3 is 2.93 bits per heavy atom. The molecule has 152 valence electrons. The van der Waals surface area contributed by atoms with Crippen LogP contribution in [-0.4, -0.2) is 69.3 Å². The molecule has 2 atom stereocenters. The van der Waals surface area contributed by atoms with Gasteiger partial charge in [-0.15, -0.1) is 23.1 Å². The van der Waals surface area contributed by atoms with Crippen molar-refractivity contribution in [2.24, 2.45) is 10.3 Å². The smallest absolute Gasteiger partial charge is 0.352 e. The van der Waals surface area contributed by atoms with E-state index in [2.05, 4.69) is 30.3 Å². The van der Waals surface area contributed by atoms with Crippen molar-refractivity contribution in [2.75, 3.05) is 25.1 Å². The van der Waals surface area contributed by atoms with E-state index in [0.717, 1.165) is 16.2 Å². The van der Waals surface area contributed by atoms with Gasteiger partial charge in [0.05, 0.1) is 6.54 Å². The minimum absolute atomic E-state index is 0.158. The van der Waals surface area contributed by atoms with Crippen LogP contribution in [-0.2, 0) is 19.2 Å². The van der Waals surface area contributed by atoms with E-state index < -0.39 is 29.2 Å². The Kier molecular flexibility index (Phi) is 5.91. The number of azide groups is 1. The summed E-state index contributed by atoms with van der Waals surface area (Å²) >= 11 is 2.36. The van der Waals surface area contributed by atoms with Crippen LogP contribution < -0.4 is 11.1 Å². The molecule has 0 aromatic carbocycles. The molecule has 0 aliphatic carbocycles. The maximum Gasteiger partial charge on any atom is 0.352 e. The molecule has 2 aliphatic heterocycles. The average molecular weight is 438 g/mol. The molecule has 1 fully saturated rings. The van der Waals surface area contributed by atoms with E-state index in [0.29, 0.717) is 5.57 Å². The highest BCUT2D eigenvalue weighted by molar-refractivity contribution is 8.00. The second-order valence-corrected chi connectivity index (χ2v) is 7.70. The molecule has 0 spiro atoms. The highest BCUT2D eigenvalue weighted by Gasteiger charge is 2.54. The maximum atomic E-state index is 12.6. The van der Waals surface area contributed by atoms with Gasteiger partial charge in [0, 0.05) is 16.0 Å². The summed E-state index contributed by atoms with van der Waals surface area (Å²) in [7, 11) is 1.26. The van der Waals surface area contributed by atoms with E-state index in [-0.39, 0.29) is 34.5 Å². The van der Waals surface area contributed by atoms with Gasteiger partial charge in [0.2, 0.25) is 0 Å². The number of nitrogens with two attached hydrogens (primary N) is 1. The van der Waals surface area contributed by atoms with Crippen molar-refractivity contribution in [1.82, 2.24) is 15.2 Å². The topological polar surface area (TPSA) is 196 Å². The molecule has 1 unspecified atom stereocenters. The molecule has 0 radical (unpaired) electrons. The minimum Gasteiger partial charge on any atom is -0.477 e. The Balaban J connectivity index is 1.79. The zero-order valence-electron chi connectivity index (χ0n) is 14.8. The van der Waals surface area contributed by atoms with Crippen molar-refractivity contribution in [1.29, 1.82) is 0 Å². The number of hydrogen-bond donors (Lipinski definition) is 3. The molecule has 1 aromatic rings. The molecule has 3 heterocycles. The number of rotatable bonds is 7. The van der Waals surface area contributed by atoms with Crippen LogP contribution in [0.15, 0.2) is 26.9 Å². The number of amides is 2. The number of nitrogens with zero attached hydrogens (tertiary/aromatic N) is 6. The molecule has 0 bridgehead atoms. The fraction of sp³-hybridized carbons (Fsp3) is 0.357. The predicted octanol–water partition coefficient (Wildman–Crippen LogP) is 0.125. The Morgan fingerprint density at radius 1 is 1.59 bits per heavy atom. The van der Waals surface area contributed by atoms with Crippen molar-refractivity contribution in [2.45, 2.75) is 11.4 Å². The number of carboxylic acid groups (broad SMARTS) is 1. The molecule has 15 heteroatoms. The fourth-order valence-electron chi connectivity index (χ4n) is 2.82. The van der Waals surface area contributed by atoms with Crippen LogP contribution in [0.2, 0.25) is 0 Å². The lowest BCUT2D eigenvalue weighted by atomic mass is 10.0. The Bertz CT molecular complexity index is 982. The van der Waals surface area contributed by atoms with Crippen LogP contribution in [0.25, 0.3) is 10.4 Å². The van der Waals surface area contributed by atoms with Gasteiger partial charge >= 0.3 is 5.97 Å². The minimum atomic E-state index is -1.31. The van der Waals surface area contributed by atoms with Crippen molar-refractivity contribution in [3.05, 3.63) is 32.8 Å². The number of carbonyl (C=O) groups excluding carboxylic acids is 2. The van der Waals surface area contributed by atoms with Gasteiger partial charge < -0.3 is 21.0 Å². The molecule has 13 nitrogen and oxygen atoms in total. The first-order valence-electron chi connectivity index (χ1n) is 7.93. The maximum absolute atomic E-state index is 12.6. The highest BCUT2D eigenvalue weighted by Crippen LogP contribution is 2.40. The van der Waals surface area contributed by atoms with Crippen LogP contribution >= 0.6 is 23.1 Å². The second-order valence-electron chi connectivity index (χ2n) is 5.70. The van der Waals surface area contributed by atoms with Crippen molar-refractivity contribution >= 4 is 51.7 Å². The summed E-state index contributed by atoms with van der Waals surface area (Å²) < 4.78 is 0. The van der Waals surface area contributed by atoms with Crippen LogP contribution in [0.4, 0.5) is 5.13 Å². The Hall–Kier alpha value is -3.29. The molecule has 2 aliphatic rings. The summed E-state index contributed by atoms with van der Waals surface area (Å²) in [6.07, 6.45) is 0. The molecular weight excluding hydrogens is 424 g/mol. The van der Waals surface area contributed by atoms with Crippen molar-refractivity contribution in [3.8, 4) is 0 Å². The number of hydrogen-bond acceptors (Lipinski definition) is 10. The largest absolute Gasteiger partial charge is 0.477 e. The lowest BCUT2D eigenvalue weighted by molar-refractivity contribution is -0.150. The third-order valence-corrected chi connectivity index (χ3v) is 6.04. The summed E-state index contributed by atoms with van der Waals surface area (Å²) in [4.78, 5) is 49.2. The van der Waals surface area contributed by atoms with Crippen LogP contribution in [0.3, 0.4) is 0 Å². The summed E-state index contributed by atoms with van der Waals surface area (Å²) in [5, 5.41) is 20.2. The molecule has 1 aromatic heterocycles. The van der Waals surface area contributed by atoms with E-state index in [1.807, 2.05) is 0 Å². The molecule has 4 N–H and O–H groups in total. The first-order chi connectivity index (χ1) is 13.9. The Morgan fingerprint density at radius 2 is 2.34 bits per heavy atom. The van der Waals surface area contributed by atoms with E-state index >= 15 is 0 Å². The number of thiazole rings is 1. The summed E-state index contributed by atoms with van der Waals surface area (Å²) in [5.41, 5.74) is 14.2. The highest BCUT2D eigenvalue weighted by atomic mass is 32.2. The van der Waals surface area contributed by atoms with Gasteiger partial charge in [-0.2, -0.15) is 0 Å². The number of aromatic nitrogens is 1. The van der Waals surface area contributed by atoms with Crippen molar-refractivity contribution < 1.29 is 24.3 Å². The van der Waals surface area contributed by atoms with Gasteiger partial charge in [0.25, 0.3) is 11.8 Å². The van der Waals surface area contributed by atoms with Gasteiger partial charge in [-0.1, -0.05) is 10.3 Å². The summed E-state index contributed by atoms with van der Waals surface area (Å²) in [6.45, 7) is -0.158. The molecular formula is C14H14N8O5S2. The number of oxime groups is 1. The van der Waals surface area contributed by atoms with Gasteiger partial charge in [-0.05, 0) is 11.1 Å². The lowest BCUT2D eigenvalue weighted by Gasteiger charge is -2.49. The Labute approximate surface area is 171 Å². The van der Waals surface area contributed by atoms with E-state index in [1.54, 1.807) is 0 Å². The number of thioether (sulfide) groups is 1. The summed E-state index contributed by atoms with van der Waals surface area (Å²) in [5.74, 6) is -2.38. The van der Waals surface area contributed by atoms with Crippen molar-refractivity contribution in [3.63, 3.8) is 0 Å². The predicted molar refractivity (Wildman–Crippen MR) is 104 cm³/mol. The number of nitrogen functional groups attached to an aromatic ring is 1. The molecule has 0 saturated carbocycles. The van der Waals surface area contributed by atoms with Gasteiger partial charge in [0.1, 0.15) is 29.9 Å². The number of carbonyl (C=O) groups is 3. The number of nitrogens with one attached hydrogen (secondary N) is 1. The zero-order valence-corrected chi connectivity index (χ0v) is 16.4. The third-order valence-electron chi connectivity index (χ3n) is 4.02. The first-order valence-corrected chi connectivity index (χ1v) is 9.86. The zero-order chi connectivity index (χ0) is 21.1. The number of carboxylic acids is 1. The number of fused-ring (bicyclic) bond motifs is 1. The lowest BCUT2D eigenvalue weighted by Crippen LogP contribution is -2.71. The third kappa shape index (κ3) is 3.83. The molecule has 1 saturated heterocycles. The SMILES string of the molecule is CO/N=C(\C(=O)NC1C(=O)N2C(C(=O)O)=C(CN=[N+]=[N-])CS[C@H]12)c1csc(N)n1. The number of aliphatic carboxylic acids is 1. The number of β-lactam (4-membered cyclic amide) rings is 1. The van der Waals surface area contributed by atoms with Crippen LogP contribution in [0, 0.1) is 0 Å². The first kappa shape index (κ1) is 20.4. The van der Waals surface area contributed by atoms with Gasteiger partial charge in [0.15, 0.2) is 10.8 Å². The van der Waals surface area contributed by atoms with Crippen LogP contribution in [0.1, 0.15) is 5.69 Å². The quantitative estimate of drug-likeness (QED) is 0.133. The molecule has 2 amide bonds. The standard InChI is InChI=1S/C14H14N8O5S2/c1-27-20-7(6-4-29-14(15)18-6)10(23)19-8-11(24)22-9(13(25)26)5(2-17-21-16)3-28-12(8)22/h4,8,12H,2-3H2,1H3,(H2,15,18)(H,19,23)(H,25,26)/b20-7-/t8?,12-/m1/s1. The van der Waals surface area contributed by atoms with E-state index in [1.165, 1.54) is 24.3 Å². The number of anilines is 1. The monoisotopic (exact) mass is 438 g/mol.